The van der Waals surface area contributed by atoms with Crippen LogP contribution in [-0.4, -0.2) is 16.2 Å². The first kappa shape index (κ1) is 13.9. The summed E-state index contributed by atoms with van der Waals surface area (Å²) in [5.74, 6) is -1.02. The number of nitriles is 1. The van der Waals surface area contributed by atoms with E-state index in [0.717, 1.165) is 22.5 Å². The maximum absolute atomic E-state index is 9.96. The maximum Gasteiger partial charge on any atom is 0.340 e. The van der Waals surface area contributed by atoms with Crippen LogP contribution in [0.1, 0.15) is 21.5 Å². The van der Waals surface area contributed by atoms with Crippen LogP contribution >= 0.6 is 15.9 Å². The van der Waals surface area contributed by atoms with Crippen molar-refractivity contribution in [3.8, 4) is 6.07 Å². The Morgan fingerprint density at radius 1 is 1.56 bits per heavy atom. The summed E-state index contributed by atoms with van der Waals surface area (Å²) in [6.07, 6.45) is 2.21. The predicted octanol–water partition coefficient (Wildman–Crippen LogP) is 3.00. The molecule has 2 aromatic rings. The Kier molecular flexibility index (Phi) is 5.08. The van der Waals surface area contributed by atoms with E-state index >= 15 is 0 Å². The second-order valence-electron chi connectivity index (χ2n) is 3.31. The van der Waals surface area contributed by atoms with E-state index in [4.69, 9.17) is 10.4 Å². The molecule has 0 bridgehead atoms. The predicted molar refractivity (Wildman–Crippen MR) is 67.1 cm³/mol. The summed E-state index contributed by atoms with van der Waals surface area (Å²) < 4.78 is 5.12. The molecule has 2 rings (SSSR count). The van der Waals surface area contributed by atoms with Crippen LogP contribution in [0.5, 0.6) is 0 Å². The zero-order valence-corrected chi connectivity index (χ0v) is 11.0. The summed E-state index contributed by atoms with van der Waals surface area (Å²) in [5.41, 5.74) is 1.92. The number of hydrogen-bond donors (Lipinski definition) is 1. The fraction of sp³-hybridized carbons (Fsp3) is 0.0833. The minimum Gasteiger partial charge on any atom is -0.478 e. The molecule has 0 radical (unpaired) electrons. The molecular weight excluding hydrogens is 300 g/mol. The normalized spacial score (nSPS) is 8.94. The third-order valence-electron chi connectivity index (χ3n) is 1.92. The van der Waals surface area contributed by atoms with Crippen LogP contribution in [0.4, 0.5) is 0 Å². The largest absolute Gasteiger partial charge is 0.478 e. The van der Waals surface area contributed by atoms with Crippen LogP contribution in [0.3, 0.4) is 0 Å². The number of nitrogens with zero attached hydrogens (tertiary/aromatic N) is 2. The van der Waals surface area contributed by atoms with E-state index < -0.39 is 5.97 Å². The second kappa shape index (κ2) is 6.57. The van der Waals surface area contributed by atoms with E-state index in [1.54, 1.807) is 6.07 Å². The first-order valence-electron chi connectivity index (χ1n) is 4.83. The van der Waals surface area contributed by atoms with Crippen molar-refractivity contribution in [3.63, 3.8) is 0 Å². The molecule has 6 heteroatoms. The molecule has 0 aliphatic carbocycles. The van der Waals surface area contributed by atoms with Crippen molar-refractivity contribution in [2.75, 3.05) is 0 Å². The minimum atomic E-state index is -1.02. The molecular formula is C12H9BrN2O3. The third kappa shape index (κ3) is 4.03. The van der Waals surface area contributed by atoms with Crippen molar-refractivity contribution in [2.24, 2.45) is 0 Å². The van der Waals surface area contributed by atoms with Crippen molar-refractivity contribution >= 4 is 21.9 Å². The standard InChI is InChI=1S/C8H6BrN.C4H3NO3/c1-6-2-3-7(5-10)8(9)4-6;6-4(7)3-1-5-8-2-3/h2-4H,1H3;1-2H,(H,6,7). The highest BCUT2D eigenvalue weighted by atomic mass is 79.9. The van der Waals surface area contributed by atoms with Gasteiger partial charge >= 0.3 is 5.97 Å². The van der Waals surface area contributed by atoms with Crippen molar-refractivity contribution in [3.05, 3.63) is 51.8 Å². The molecule has 0 saturated heterocycles. The number of aromatic carboxylic acids is 1. The quantitative estimate of drug-likeness (QED) is 0.875. The second-order valence-corrected chi connectivity index (χ2v) is 4.17. The van der Waals surface area contributed by atoms with Crippen LogP contribution < -0.4 is 0 Å². The van der Waals surface area contributed by atoms with Gasteiger partial charge < -0.3 is 9.63 Å². The lowest BCUT2D eigenvalue weighted by Crippen LogP contribution is -1.91. The first-order valence-corrected chi connectivity index (χ1v) is 5.63. The Balaban J connectivity index is 0.000000184. The Hall–Kier alpha value is -2.13. The number of aromatic nitrogens is 1. The molecule has 0 aliphatic heterocycles. The number of benzene rings is 1. The number of rotatable bonds is 1. The highest BCUT2D eigenvalue weighted by Gasteiger charge is 2.01. The van der Waals surface area contributed by atoms with Gasteiger partial charge in [-0.2, -0.15) is 5.26 Å². The fourth-order valence-corrected chi connectivity index (χ4v) is 1.60. The Morgan fingerprint density at radius 3 is 2.67 bits per heavy atom. The van der Waals surface area contributed by atoms with E-state index in [2.05, 4.69) is 31.7 Å². The average molecular weight is 309 g/mol. The van der Waals surface area contributed by atoms with Gasteiger partial charge in [-0.15, -0.1) is 0 Å². The van der Waals surface area contributed by atoms with Crippen molar-refractivity contribution in [2.45, 2.75) is 6.92 Å². The van der Waals surface area contributed by atoms with Gasteiger partial charge in [0.25, 0.3) is 0 Å². The van der Waals surface area contributed by atoms with E-state index in [-0.39, 0.29) is 5.56 Å². The lowest BCUT2D eigenvalue weighted by molar-refractivity contribution is 0.0696. The van der Waals surface area contributed by atoms with Crippen LogP contribution in [0.15, 0.2) is 39.7 Å². The number of carboxylic acids is 1. The van der Waals surface area contributed by atoms with Crippen LogP contribution in [0.25, 0.3) is 0 Å². The summed E-state index contributed by atoms with van der Waals surface area (Å²) in [5, 5.41) is 19.9. The summed E-state index contributed by atoms with van der Waals surface area (Å²) in [4.78, 5) is 9.96. The lowest BCUT2D eigenvalue weighted by atomic mass is 10.2. The van der Waals surface area contributed by atoms with Crippen LogP contribution in [0, 0.1) is 18.3 Å². The summed E-state index contributed by atoms with van der Waals surface area (Å²) in [6.45, 7) is 1.99. The van der Waals surface area contributed by atoms with Gasteiger partial charge in [0.2, 0.25) is 0 Å². The maximum atomic E-state index is 9.96. The summed E-state index contributed by atoms with van der Waals surface area (Å²) in [6, 6.07) is 7.73. The van der Waals surface area contributed by atoms with Crippen molar-refractivity contribution in [1.29, 1.82) is 5.26 Å². The monoisotopic (exact) mass is 308 g/mol. The molecule has 0 aliphatic rings. The van der Waals surface area contributed by atoms with Crippen LogP contribution in [0.2, 0.25) is 0 Å². The molecule has 1 aromatic heterocycles. The summed E-state index contributed by atoms with van der Waals surface area (Å²) >= 11 is 3.28. The van der Waals surface area contributed by atoms with Crippen molar-refractivity contribution in [1.82, 2.24) is 5.16 Å². The van der Waals surface area contributed by atoms with Gasteiger partial charge in [-0.3, -0.25) is 0 Å². The lowest BCUT2D eigenvalue weighted by Gasteiger charge is -1.94. The molecule has 1 heterocycles. The number of halogens is 1. The number of aryl methyl sites for hydroxylation is 1. The first-order chi connectivity index (χ1) is 8.54. The van der Waals surface area contributed by atoms with Gasteiger partial charge in [0.1, 0.15) is 17.9 Å². The Bertz CT molecular complexity index is 574. The molecule has 5 nitrogen and oxygen atoms in total. The molecule has 92 valence electrons. The zero-order chi connectivity index (χ0) is 13.5. The molecule has 0 atom stereocenters. The zero-order valence-electron chi connectivity index (χ0n) is 9.42. The number of carboxylic acid groups (broad SMARTS) is 1. The third-order valence-corrected chi connectivity index (χ3v) is 2.58. The number of carbonyl (C=O) groups is 1. The molecule has 0 unspecified atom stereocenters. The van der Waals surface area contributed by atoms with E-state index in [1.807, 2.05) is 19.1 Å². The number of hydrogen-bond acceptors (Lipinski definition) is 4. The van der Waals surface area contributed by atoms with Gasteiger partial charge in [0.15, 0.2) is 0 Å². The smallest absolute Gasteiger partial charge is 0.340 e. The topological polar surface area (TPSA) is 87.1 Å². The minimum absolute atomic E-state index is 0.0741. The highest BCUT2D eigenvalue weighted by Crippen LogP contribution is 2.16. The Labute approximate surface area is 112 Å². The fourth-order valence-electron chi connectivity index (χ4n) is 1.02. The average Bonchev–Trinajstić information content (AvgIpc) is 2.83. The van der Waals surface area contributed by atoms with E-state index in [9.17, 15) is 4.79 Å². The van der Waals surface area contributed by atoms with Gasteiger partial charge in [-0.25, -0.2) is 4.79 Å². The van der Waals surface area contributed by atoms with Gasteiger partial charge in [-0.1, -0.05) is 11.2 Å². The molecule has 0 spiro atoms. The van der Waals surface area contributed by atoms with Gasteiger partial charge in [0.05, 0.1) is 11.8 Å². The molecule has 1 aromatic carbocycles. The van der Waals surface area contributed by atoms with Crippen molar-refractivity contribution < 1.29 is 14.4 Å². The molecule has 0 amide bonds. The highest BCUT2D eigenvalue weighted by molar-refractivity contribution is 9.10. The van der Waals surface area contributed by atoms with E-state index in [1.165, 1.54) is 0 Å². The van der Waals surface area contributed by atoms with Gasteiger partial charge in [-0.05, 0) is 40.5 Å². The SMILES string of the molecule is Cc1ccc(C#N)c(Br)c1.O=C(O)c1cnoc1. The summed E-state index contributed by atoms with van der Waals surface area (Å²) in [7, 11) is 0. The molecule has 0 fully saturated rings. The van der Waals surface area contributed by atoms with E-state index in [0.29, 0.717) is 5.56 Å². The van der Waals surface area contributed by atoms with Crippen LogP contribution in [-0.2, 0) is 0 Å². The Morgan fingerprint density at radius 2 is 2.28 bits per heavy atom. The molecule has 1 N–H and O–H groups in total. The van der Waals surface area contributed by atoms with Gasteiger partial charge in [0, 0.05) is 4.47 Å². The molecule has 0 saturated carbocycles. The molecule has 18 heavy (non-hydrogen) atoms.